The minimum absolute atomic E-state index is 0. The van der Waals surface area contributed by atoms with Crippen molar-refractivity contribution >= 4 is 18.4 Å². The van der Waals surface area contributed by atoms with Crippen LogP contribution in [0.4, 0.5) is 0 Å². The van der Waals surface area contributed by atoms with Gasteiger partial charge < -0.3 is 9.47 Å². The average molecular weight is 376 g/mol. The number of benzene rings is 2. The van der Waals surface area contributed by atoms with E-state index in [2.05, 4.69) is 4.90 Å². The molecule has 1 unspecified atom stereocenters. The smallest absolute Gasteiger partial charge is 0.339 e. The predicted octanol–water partition coefficient (Wildman–Crippen LogP) is 3.90. The van der Waals surface area contributed by atoms with Crippen LogP contribution in [0.1, 0.15) is 29.3 Å². The molecule has 0 aromatic heterocycles. The van der Waals surface area contributed by atoms with E-state index in [1.807, 2.05) is 55.5 Å². The van der Waals surface area contributed by atoms with Crippen molar-refractivity contribution in [1.82, 2.24) is 4.90 Å². The molecule has 3 rings (SSSR count). The van der Waals surface area contributed by atoms with Gasteiger partial charge in [-0.05, 0) is 24.6 Å². The van der Waals surface area contributed by atoms with Gasteiger partial charge in [0.2, 0.25) is 0 Å². The van der Waals surface area contributed by atoms with Gasteiger partial charge in [0.05, 0.1) is 18.8 Å². The van der Waals surface area contributed by atoms with Crippen LogP contribution in [-0.2, 0) is 15.1 Å². The number of carbonyl (C=O) groups excluding carboxylic acids is 1. The molecule has 4 nitrogen and oxygen atoms in total. The van der Waals surface area contributed by atoms with Crippen molar-refractivity contribution in [2.24, 2.45) is 0 Å². The second-order valence-corrected chi connectivity index (χ2v) is 6.56. The number of nitrogens with zero attached hydrogens (tertiary/aromatic N) is 1. The second kappa shape index (κ2) is 9.72. The molecule has 2 aromatic carbocycles. The van der Waals surface area contributed by atoms with Gasteiger partial charge in [-0.3, -0.25) is 4.90 Å². The number of esters is 1. The molecule has 5 heteroatoms. The van der Waals surface area contributed by atoms with E-state index >= 15 is 0 Å². The molecule has 1 aliphatic rings. The van der Waals surface area contributed by atoms with E-state index in [4.69, 9.17) is 9.47 Å². The zero-order chi connectivity index (χ0) is 17.5. The van der Waals surface area contributed by atoms with Gasteiger partial charge in [-0.15, -0.1) is 12.4 Å². The largest absolute Gasteiger partial charge is 0.451 e. The SMILES string of the molecule is CC(CCN1CCOCC1)(OC(=O)c1ccccc1)c1ccccc1.Cl. The maximum absolute atomic E-state index is 12.6. The first-order chi connectivity index (χ1) is 12.2. The van der Waals surface area contributed by atoms with Gasteiger partial charge in [-0.2, -0.15) is 0 Å². The van der Waals surface area contributed by atoms with Crippen molar-refractivity contribution in [1.29, 1.82) is 0 Å². The average Bonchev–Trinajstić information content (AvgIpc) is 2.68. The van der Waals surface area contributed by atoms with Gasteiger partial charge in [0.1, 0.15) is 5.60 Å². The summed E-state index contributed by atoms with van der Waals surface area (Å²) in [7, 11) is 0. The lowest BCUT2D eigenvalue weighted by molar-refractivity contribution is -0.0274. The highest BCUT2D eigenvalue weighted by molar-refractivity contribution is 5.89. The molecule has 140 valence electrons. The lowest BCUT2D eigenvalue weighted by Gasteiger charge is -2.34. The minimum atomic E-state index is -0.660. The Morgan fingerprint density at radius 3 is 2.23 bits per heavy atom. The number of carbonyl (C=O) groups is 1. The molecule has 26 heavy (non-hydrogen) atoms. The van der Waals surface area contributed by atoms with Gasteiger partial charge >= 0.3 is 5.97 Å². The third-order valence-corrected chi connectivity index (χ3v) is 4.72. The van der Waals surface area contributed by atoms with E-state index in [1.54, 1.807) is 12.1 Å². The highest BCUT2D eigenvalue weighted by atomic mass is 35.5. The van der Waals surface area contributed by atoms with Gasteiger partial charge in [0.25, 0.3) is 0 Å². The van der Waals surface area contributed by atoms with E-state index in [-0.39, 0.29) is 18.4 Å². The van der Waals surface area contributed by atoms with E-state index in [9.17, 15) is 4.79 Å². The van der Waals surface area contributed by atoms with Crippen molar-refractivity contribution in [3.63, 3.8) is 0 Å². The Labute approximate surface area is 161 Å². The molecule has 0 N–H and O–H groups in total. The molecule has 0 bridgehead atoms. The second-order valence-electron chi connectivity index (χ2n) is 6.56. The number of halogens is 1. The van der Waals surface area contributed by atoms with Gasteiger partial charge in [-0.1, -0.05) is 48.5 Å². The van der Waals surface area contributed by atoms with Crippen LogP contribution in [0, 0.1) is 0 Å². The van der Waals surface area contributed by atoms with Gasteiger partial charge in [0, 0.05) is 26.1 Å². The molecule has 1 heterocycles. The summed E-state index contributed by atoms with van der Waals surface area (Å²) in [5, 5.41) is 0. The van der Waals surface area contributed by atoms with Crippen LogP contribution in [0.3, 0.4) is 0 Å². The number of morpholine rings is 1. The van der Waals surface area contributed by atoms with Gasteiger partial charge in [0.15, 0.2) is 0 Å². The van der Waals surface area contributed by atoms with E-state index in [1.165, 1.54) is 0 Å². The van der Waals surface area contributed by atoms with E-state index < -0.39 is 5.60 Å². The minimum Gasteiger partial charge on any atom is -0.451 e. The molecule has 0 radical (unpaired) electrons. The molecule has 0 aliphatic carbocycles. The molecule has 2 aromatic rings. The standard InChI is InChI=1S/C21H25NO3.ClH/c1-21(19-10-6-3-7-11-19,12-13-22-14-16-24-17-15-22)25-20(23)18-8-4-2-5-9-18;/h2-11H,12-17H2,1H3;1H. The van der Waals surface area contributed by atoms with Crippen molar-refractivity contribution in [3.8, 4) is 0 Å². The maximum atomic E-state index is 12.6. The first-order valence-electron chi connectivity index (χ1n) is 8.81. The highest BCUT2D eigenvalue weighted by Crippen LogP contribution is 2.30. The summed E-state index contributed by atoms with van der Waals surface area (Å²) in [6, 6.07) is 19.2. The Balaban J connectivity index is 0.00000243. The molecule has 0 spiro atoms. The molecule has 1 saturated heterocycles. The normalized spacial score (nSPS) is 17.0. The molecule has 1 fully saturated rings. The van der Waals surface area contributed by atoms with Crippen LogP contribution in [-0.4, -0.2) is 43.7 Å². The zero-order valence-electron chi connectivity index (χ0n) is 15.1. The number of ether oxygens (including phenoxy) is 2. The lowest BCUT2D eigenvalue weighted by Crippen LogP contribution is -2.40. The Morgan fingerprint density at radius 2 is 1.62 bits per heavy atom. The Kier molecular flexibility index (Phi) is 7.64. The van der Waals surface area contributed by atoms with Crippen LogP contribution >= 0.6 is 12.4 Å². The van der Waals surface area contributed by atoms with E-state index in [0.29, 0.717) is 5.56 Å². The molecule has 1 atom stereocenters. The van der Waals surface area contributed by atoms with Crippen molar-refractivity contribution in [2.75, 3.05) is 32.8 Å². The summed E-state index contributed by atoms with van der Waals surface area (Å²) < 4.78 is 11.4. The fourth-order valence-electron chi connectivity index (χ4n) is 3.08. The van der Waals surface area contributed by atoms with Gasteiger partial charge in [-0.25, -0.2) is 4.79 Å². The molecule has 0 saturated carbocycles. The third kappa shape index (κ3) is 5.31. The third-order valence-electron chi connectivity index (χ3n) is 4.72. The number of rotatable bonds is 6. The maximum Gasteiger partial charge on any atom is 0.339 e. The van der Waals surface area contributed by atoms with E-state index in [0.717, 1.165) is 44.8 Å². The summed E-state index contributed by atoms with van der Waals surface area (Å²) in [5.41, 5.74) is 0.940. The van der Waals surface area contributed by atoms with Crippen LogP contribution in [0.15, 0.2) is 60.7 Å². The predicted molar refractivity (Wildman–Crippen MR) is 105 cm³/mol. The number of hydrogen-bond donors (Lipinski definition) is 0. The van der Waals surface area contributed by atoms with Crippen LogP contribution in [0.2, 0.25) is 0 Å². The fourth-order valence-corrected chi connectivity index (χ4v) is 3.08. The topological polar surface area (TPSA) is 38.8 Å². The quantitative estimate of drug-likeness (QED) is 0.718. The summed E-state index contributed by atoms with van der Waals surface area (Å²) in [6.45, 7) is 6.27. The Morgan fingerprint density at radius 1 is 1.04 bits per heavy atom. The summed E-state index contributed by atoms with van der Waals surface area (Å²) >= 11 is 0. The number of hydrogen-bond acceptors (Lipinski definition) is 4. The molecular weight excluding hydrogens is 350 g/mol. The first kappa shape index (κ1) is 20.4. The Bertz CT molecular complexity index is 674. The monoisotopic (exact) mass is 375 g/mol. The van der Waals surface area contributed by atoms with Crippen LogP contribution < -0.4 is 0 Å². The van der Waals surface area contributed by atoms with Crippen molar-refractivity contribution in [2.45, 2.75) is 18.9 Å². The highest BCUT2D eigenvalue weighted by Gasteiger charge is 2.32. The van der Waals surface area contributed by atoms with Crippen molar-refractivity contribution < 1.29 is 14.3 Å². The lowest BCUT2D eigenvalue weighted by atomic mass is 9.91. The van der Waals surface area contributed by atoms with Crippen LogP contribution in [0.5, 0.6) is 0 Å². The molecule has 0 amide bonds. The Hall–Kier alpha value is -1.88. The fraction of sp³-hybridized carbons (Fsp3) is 0.381. The molecule has 1 aliphatic heterocycles. The summed E-state index contributed by atoms with van der Waals surface area (Å²) in [4.78, 5) is 15.0. The summed E-state index contributed by atoms with van der Waals surface area (Å²) in [6.07, 6.45) is 0.746. The zero-order valence-corrected chi connectivity index (χ0v) is 15.9. The van der Waals surface area contributed by atoms with Crippen molar-refractivity contribution in [3.05, 3.63) is 71.8 Å². The van der Waals surface area contributed by atoms with Crippen LogP contribution in [0.25, 0.3) is 0 Å². The molecular formula is C21H26ClNO3. The first-order valence-corrected chi connectivity index (χ1v) is 8.81. The summed E-state index contributed by atoms with van der Waals surface area (Å²) in [5.74, 6) is -0.283.